The van der Waals surface area contributed by atoms with E-state index < -0.39 is 10.0 Å². The van der Waals surface area contributed by atoms with Crippen LogP contribution in [0.2, 0.25) is 0 Å². The molecule has 0 saturated carbocycles. The number of hydrogen-bond acceptors (Lipinski definition) is 3. The first kappa shape index (κ1) is 12.7. The van der Waals surface area contributed by atoms with Crippen molar-refractivity contribution in [2.24, 2.45) is 0 Å². The first-order chi connectivity index (χ1) is 6.92. The van der Waals surface area contributed by atoms with Crippen LogP contribution >= 0.6 is 0 Å². The first-order valence-electron chi connectivity index (χ1n) is 5.29. The minimum atomic E-state index is -2.98. The summed E-state index contributed by atoms with van der Waals surface area (Å²) >= 11 is 0. The standard InChI is InChI=1S/C10H20N2O2S/c1-9(2)11-7-10(3)8-12-5-4-6-15(12,13)14/h9,11H,3-8H2,1-2H3. The van der Waals surface area contributed by atoms with Crippen LogP contribution < -0.4 is 5.32 Å². The molecule has 1 fully saturated rings. The van der Waals surface area contributed by atoms with Gasteiger partial charge in [-0.05, 0) is 12.0 Å². The summed E-state index contributed by atoms with van der Waals surface area (Å²) in [5.74, 6) is 0.290. The topological polar surface area (TPSA) is 49.4 Å². The molecule has 0 radical (unpaired) electrons. The smallest absolute Gasteiger partial charge is 0.214 e. The Bertz CT molecular complexity index is 322. The van der Waals surface area contributed by atoms with Crippen molar-refractivity contribution in [3.63, 3.8) is 0 Å². The van der Waals surface area contributed by atoms with E-state index in [1.54, 1.807) is 0 Å². The third-order valence-corrected chi connectivity index (χ3v) is 4.27. The fourth-order valence-electron chi connectivity index (χ4n) is 1.52. The summed E-state index contributed by atoms with van der Waals surface area (Å²) in [5.41, 5.74) is 0.925. The van der Waals surface area contributed by atoms with Crippen molar-refractivity contribution in [1.29, 1.82) is 0 Å². The Labute approximate surface area is 92.4 Å². The van der Waals surface area contributed by atoms with E-state index in [1.165, 1.54) is 4.31 Å². The summed E-state index contributed by atoms with van der Waals surface area (Å²) in [6.45, 7) is 9.78. The molecule has 0 aliphatic carbocycles. The van der Waals surface area contributed by atoms with Crippen molar-refractivity contribution in [3.05, 3.63) is 12.2 Å². The molecule has 0 aromatic carbocycles. The Morgan fingerprint density at radius 1 is 1.53 bits per heavy atom. The second-order valence-electron chi connectivity index (χ2n) is 4.29. The van der Waals surface area contributed by atoms with Crippen LogP contribution in [0.4, 0.5) is 0 Å². The van der Waals surface area contributed by atoms with Crippen LogP contribution in [-0.4, -0.2) is 44.2 Å². The Morgan fingerprint density at radius 3 is 2.67 bits per heavy atom. The largest absolute Gasteiger partial charge is 0.311 e. The lowest BCUT2D eigenvalue weighted by Gasteiger charge is -2.17. The van der Waals surface area contributed by atoms with Crippen molar-refractivity contribution in [3.8, 4) is 0 Å². The predicted octanol–water partition coefficient (Wildman–Crippen LogP) is 0.576. The van der Waals surface area contributed by atoms with Gasteiger partial charge < -0.3 is 5.32 Å². The molecule has 0 amide bonds. The molecule has 0 unspecified atom stereocenters. The molecule has 1 N–H and O–H groups in total. The molecule has 1 saturated heterocycles. The molecule has 1 heterocycles. The second kappa shape index (κ2) is 5.09. The van der Waals surface area contributed by atoms with E-state index in [9.17, 15) is 8.42 Å². The van der Waals surface area contributed by atoms with Gasteiger partial charge in [0, 0.05) is 25.7 Å². The van der Waals surface area contributed by atoms with Gasteiger partial charge >= 0.3 is 0 Å². The number of nitrogens with zero attached hydrogens (tertiary/aromatic N) is 1. The molecule has 0 atom stereocenters. The molecule has 1 aliphatic rings. The summed E-state index contributed by atoms with van der Waals surface area (Å²) in [4.78, 5) is 0. The number of rotatable bonds is 5. The normalized spacial score (nSPS) is 21.0. The molecular formula is C10H20N2O2S. The van der Waals surface area contributed by atoms with Crippen LogP contribution in [-0.2, 0) is 10.0 Å². The number of sulfonamides is 1. The summed E-state index contributed by atoms with van der Waals surface area (Å²) in [6.07, 6.45) is 0.743. The van der Waals surface area contributed by atoms with E-state index in [0.717, 1.165) is 12.0 Å². The van der Waals surface area contributed by atoms with Gasteiger partial charge in [0.05, 0.1) is 5.75 Å². The van der Waals surface area contributed by atoms with Crippen molar-refractivity contribution < 1.29 is 8.42 Å². The van der Waals surface area contributed by atoms with Gasteiger partial charge in [0.1, 0.15) is 0 Å². The van der Waals surface area contributed by atoms with Crippen LogP contribution in [0.1, 0.15) is 20.3 Å². The van der Waals surface area contributed by atoms with Gasteiger partial charge in [-0.15, -0.1) is 0 Å². The number of nitrogens with one attached hydrogen (secondary N) is 1. The zero-order chi connectivity index (χ0) is 11.5. The van der Waals surface area contributed by atoms with Gasteiger partial charge in [-0.3, -0.25) is 0 Å². The second-order valence-corrected chi connectivity index (χ2v) is 6.38. The fourth-order valence-corrected chi connectivity index (χ4v) is 3.06. The van der Waals surface area contributed by atoms with Crippen LogP contribution in [0.15, 0.2) is 12.2 Å². The zero-order valence-corrected chi connectivity index (χ0v) is 10.3. The van der Waals surface area contributed by atoms with Crippen LogP contribution in [0, 0.1) is 0 Å². The lowest BCUT2D eigenvalue weighted by molar-refractivity contribution is 0.463. The van der Waals surface area contributed by atoms with Gasteiger partial charge in [0.2, 0.25) is 10.0 Å². The quantitative estimate of drug-likeness (QED) is 0.705. The Kier molecular flexibility index (Phi) is 4.31. The molecule has 15 heavy (non-hydrogen) atoms. The van der Waals surface area contributed by atoms with Crippen LogP contribution in [0.25, 0.3) is 0 Å². The summed E-state index contributed by atoms with van der Waals surface area (Å²) < 4.78 is 24.5. The predicted molar refractivity (Wildman–Crippen MR) is 62.3 cm³/mol. The molecular weight excluding hydrogens is 212 g/mol. The van der Waals surface area contributed by atoms with Crippen molar-refractivity contribution in [2.75, 3.05) is 25.4 Å². The van der Waals surface area contributed by atoms with Crippen LogP contribution in [0.3, 0.4) is 0 Å². The van der Waals surface area contributed by atoms with Gasteiger partial charge in [0.25, 0.3) is 0 Å². The SMILES string of the molecule is C=C(CNC(C)C)CN1CCCS1(=O)=O. The minimum absolute atomic E-state index is 0.290. The van der Waals surface area contributed by atoms with E-state index in [0.29, 0.717) is 25.7 Å². The number of hydrogen-bond donors (Lipinski definition) is 1. The van der Waals surface area contributed by atoms with Gasteiger partial charge in [0.15, 0.2) is 0 Å². The van der Waals surface area contributed by atoms with Gasteiger partial charge in [-0.25, -0.2) is 8.42 Å². The molecule has 0 spiro atoms. The maximum atomic E-state index is 11.5. The summed E-state index contributed by atoms with van der Waals surface area (Å²) in [7, 11) is -2.98. The van der Waals surface area contributed by atoms with Gasteiger partial charge in [-0.2, -0.15) is 4.31 Å². The Hall–Kier alpha value is -0.390. The van der Waals surface area contributed by atoms with Gasteiger partial charge in [-0.1, -0.05) is 20.4 Å². The molecule has 4 nitrogen and oxygen atoms in total. The lowest BCUT2D eigenvalue weighted by Crippen LogP contribution is -2.32. The third-order valence-electron chi connectivity index (χ3n) is 2.36. The van der Waals surface area contributed by atoms with Crippen molar-refractivity contribution >= 4 is 10.0 Å². The zero-order valence-electron chi connectivity index (χ0n) is 9.49. The highest BCUT2D eigenvalue weighted by Crippen LogP contribution is 2.14. The lowest BCUT2D eigenvalue weighted by atomic mass is 10.2. The highest BCUT2D eigenvalue weighted by atomic mass is 32.2. The van der Waals surface area contributed by atoms with Crippen molar-refractivity contribution in [1.82, 2.24) is 9.62 Å². The maximum Gasteiger partial charge on any atom is 0.214 e. The minimum Gasteiger partial charge on any atom is -0.311 e. The molecule has 5 heteroatoms. The summed E-state index contributed by atoms with van der Waals surface area (Å²) in [6, 6.07) is 0.400. The Balaban J connectivity index is 2.38. The van der Waals surface area contributed by atoms with Crippen LogP contribution in [0.5, 0.6) is 0 Å². The monoisotopic (exact) mass is 232 g/mol. The van der Waals surface area contributed by atoms with Crippen molar-refractivity contribution in [2.45, 2.75) is 26.3 Å². The molecule has 1 aliphatic heterocycles. The molecule has 88 valence electrons. The molecule has 0 aromatic rings. The molecule has 0 bridgehead atoms. The molecule has 1 rings (SSSR count). The third kappa shape index (κ3) is 3.93. The maximum absolute atomic E-state index is 11.5. The van der Waals surface area contributed by atoms with E-state index in [4.69, 9.17) is 0 Å². The fraction of sp³-hybridized carbons (Fsp3) is 0.800. The van der Waals surface area contributed by atoms with E-state index in [2.05, 4.69) is 25.7 Å². The highest BCUT2D eigenvalue weighted by molar-refractivity contribution is 7.89. The average Bonchev–Trinajstić information content (AvgIpc) is 2.43. The van der Waals surface area contributed by atoms with E-state index in [-0.39, 0.29) is 5.75 Å². The average molecular weight is 232 g/mol. The van der Waals surface area contributed by atoms with E-state index in [1.807, 2.05) is 0 Å². The first-order valence-corrected chi connectivity index (χ1v) is 6.90. The summed E-state index contributed by atoms with van der Waals surface area (Å²) in [5, 5.41) is 3.23. The highest BCUT2D eigenvalue weighted by Gasteiger charge is 2.27. The Morgan fingerprint density at radius 2 is 2.20 bits per heavy atom. The van der Waals surface area contributed by atoms with E-state index >= 15 is 0 Å². The molecule has 0 aromatic heterocycles.